The molecule has 6 aromatic rings. The van der Waals surface area contributed by atoms with Crippen molar-refractivity contribution < 1.29 is 14.6 Å². The Morgan fingerprint density at radius 1 is 0.821 bits per heavy atom. The van der Waals surface area contributed by atoms with Crippen LogP contribution < -0.4 is 5.32 Å². The maximum Gasteiger partial charge on any atom is 0.317 e. The number of anilines is 1. The quantitative estimate of drug-likeness (QED) is 0.192. The van der Waals surface area contributed by atoms with Crippen molar-refractivity contribution in [3.05, 3.63) is 83.2 Å². The zero-order valence-electron chi connectivity index (χ0n) is 20.3. The third-order valence-electron chi connectivity index (χ3n) is 6.16. The van der Waals surface area contributed by atoms with Crippen LogP contribution in [0.15, 0.2) is 77.4 Å². The lowest BCUT2D eigenvalue weighted by Gasteiger charge is -2.11. The normalized spacial score (nSPS) is 12.8. The number of halogens is 2. The van der Waals surface area contributed by atoms with Crippen LogP contribution in [0.4, 0.5) is 10.2 Å². The molecule has 0 atom stereocenters. The number of fused-ring (bicyclic) bond motifs is 2. The Bertz CT molecular complexity index is 1790. The molecule has 0 saturated heterocycles. The van der Waals surface area contributed by atoms with Gasteiger partial charge in [-0.3, -0.25) is 5.10 Å². The summed E-state index contributed by atoms with van der Waals surface area (Å²) in [6.07, 6.45) is 4.00. The maximum absolute atomic E-state index is 13.2. The highest BCUT2D eigenvalue weighted by Gasteiger charge is 2.23. The van der Waals surface area contributed by atoms with Gasteiger partial charge in [0.2, 0.25) is 5.88 Å². The summed E-state index contributed by atoms with van der Waals surface area (Å²) in [7, 11) is 0. The van der Waals surface area contributed by atoms with Crippen LogP contribution in [0, 0.1) is 5.82 Å². The summed E-state index contributed by atoms with van der Waals surface area (Å²) in [5.41, 5.74) is 4.12. The van der Waals surface area contributed by atoms with Gasteiger partial charge in [0.1, 0.15) is 17.3 Å². The molecular weight excluding hydrogens is 565 g/mol. The molecule has 194 valence electrons. The van der Waals surface area contributed by atoms with Crippen molar-refractivity contribution >= 4 is 43.6 Å². The molecule has 3 aromatic heterocycles. The third kappa shape index (κ3) is 5.48. The molecule has 39 heavy (non-hydrogen) atoms. The van der Waals surface area contributed by atoms with Crippen molar-refractivity contribution in [3.63, 3.8) is 0 Å². The summed E-state index contributed by atoms with van der Waals surface area (Å²) in [6, 6.07) is 19.6. The van der Waals surface area contributed by atoms with E-state index in [-0.39, 0.29) is 11.7 Å². The van der Waals surface area contributed by atoms with E-state index >= 15 is 0 Å². The van der Waals surface area contributed by atoms with Gasteiger partial charge < -0.3 is 15.5 Å². The van der Waals surface area contributed by atoms with Crippen molar-refractivity contribution in [2.45, 2.75) is 18.9 Å². The number of aromatic nitrogens is 6. The highest BCUT2D eigenvalue weighted by atomic mass is 79.9. The lowest BCUT2D eigenvalue weighted by Crippen LogP contribution is -2.06. The number of aromatic hydroxyl groups is 2. The average Bonchev–Trinajstić information content (AvgIpc) is 3.57. The molecule has 9 nitrogen and oxygen atoms in total. The zero-order chi connectivity index (χ0) is 26.9. The molecule has 1 aliphatic rings. The van der Waals surface area contributed by atoms with E-state index in [0.717, 1.165) is 50.9 Å². The molecular formula is C28H21BrFN7O2. The van der Waals surface area contributed by atoms with Crippen LogP contribution in [0.2, 0.25) is 0 Å². The predicted molar refractivity (Wildman–Crippen MR) is 150 cm³/mol. The van der Waals surface area contributed by atoms with E-state index in [0.29, 0.717) is 22.8 Å². The van der Waals surface area contributed by atoms with Crippen molar-refractivity contribution in [3.8, 4) is 34.5 Å². The Balaban J connectivity index is 0.000000179. The summed E-state index contributed by atoms with van der Waals surface area (Å²) < 4.78 is 14.0. The van der Waals surface area contributed by atoms with E-state index < -0.39 is 6.01 Å². The number of rotatable bonds is 4. The Hall–Kier alpha value is -4.64. The highest BCUT2D eigenvalue weighted by molar-refractivity contribution is 9.10. The number of benzene rings is 3. The van der Waals surface area contributed by atoms with Crippen LogP contribution >= 0.6 is 15.9 Å². The number of H-pyrrole nitrogens is 1. The lowest BCUT2D eigenvalue weighted by molar-refractivity contribution is 0.403. The molecule has 0 spiro atoms. The first kappa shape index (κ1) is 24.7. The fraction of sp³-hybridized carbons (Fsp3) is 0.107. The monoisotopic (exact) mass is 585 g/mol. The van der Waals surface area contributed by atoms with E-state index in [9.17, 15) is 9.50 Å². The fourth-order valence-electron chi connectivity index (χ4n) is 4.05. The SMILES string of the molecule is Fc1ccc(-c2ccc3nc(-c4ccn[nH]4)nc(NC4CC4)c3c2)cc1.Oc1nc(O)c2cc(Br)ccc2n1. The number of aromatic amines is 1. The largest absolute Gasteiger partial charge is 0.493 e. The second-order valence-electron chi connectivity index (χ2n) is 9.03. The minimum absolute atomic E-state index is 0.219. The third-order valence-corrected chi connectivity index (χ3v) is 6.65. The first-order valence-corrected chi connectivity index (χ1v) is 12.9. The van der Waals surface area contributed by atoms with Gasteiger partial charge in [-0.1, -0.05) is 34.1 Å². The van der Waals surface area contributed by atoms with Crippen molar-refractivity contribution in [1.29, 1.82) is 0 Å². The van der Waals surface area contributed by atoms with Crippen LogP contribution in [0.1, 0.15) is 12.8 Å². The molecule has 7 rings (SSSR count). The van der Waals surface area contributed by atoms with E-state index in [1.807, 2.05) is 18.2 Å². The smallest absolute Gasteiger partial charge is 0.317 e. The second kappa shape index (κ2) is 10.3. The van der Waals surface area contributed by atoms with Gasteiger partial charge in [-0.15, -0.1) is 0 Å². The molecule has 1 saturated carbocycles. The van der Waals surface area contributed by atoms with Crippen molar-refractivity contribution in [1.82, 2.24) is 30.1 Å². The summed E-state index contributed by atoms with van der Waals surface area (Å²) in [6.45, 7) is 0. The van der Waals surface area contributed by atoms with E-state index in [1.54, 1.807) is 36.5 Å². The Kier molecular flexibility index (Phi) is 6.49. The summed E-state index contributed by atoms with van der Waals surface area (Å²) >= 11 is 3.26. The molecule has 11 heteroatoms. The van der Waals surface area contributed by atoms with Crippen molar-refractivity contribution in [2.24, 2.45) is 0 Å². The Morgan fingerprint density at radius 3 is 2.31 bits per heavy atom. The van der Waals surface area contributed by atoms with Crippen LogP contribution in [0.5, 0.6) is 11.9 Å². The molecule has 1 fully saturated rings. The minimum atomic E-state index is -0.424. The molecule has 3 aromatic carbocycles. The van der Waals surface area contributed by atoms with Crippen LogP contribution in [-0.2, 0) is 0 Å². The first-order valence-electron chi connectivity index (χ1n) is 12.1. The van der Waals surface area contributed by atoms with E-state index in [1.165, 1.54) is 12.1 Å². The Labute approximate surface area is 230 Å². The van der Waals surface area contributed by atoms with Gasteiger partial charge in [0.25, 0.3) is 0 Å². The first-order chi connectivity index (χ1) is 18.9. The summed E-state index contributed by atoms with van der Waals surface area (Å²) in [5, 5.41) is 30.2. The van der Waals surface area contributed by atoms with Gasteiger partial charge in [-0.2, -0.15) is 15.1 Å². The van der Waals surface area contributed by atoms with Gasteiger partial charge in [0.15, 0.2) is 5.82 Å². The average molecular weight is 586 g/mol. The number of nitrogens with zero attached hydrogens (tertiary/aromatic N) is 5. The number of nitrogens with one attached hydrogen (secondary N) is 2. The standard InChI is InChI=1S/C20H16FN5.C8H5BrN2O2/c21-14-4-1-12(2-5-14)13-3-8-17-16(11-13)19(23-15-6-7-15)25-20(24-17)18-9-10-22-26-18;9-4-1-2-6-5(3-4)7(12)11-8(13)10-6/h1-5,8-11,15H,6-7H2,(H,22,26)(H,23,24,25);1-3H,(H2,10,11,12,13). The molecule has 0 radical (unpaired) electrons. The lowest BCUT2D eigenvalue weighted by atomic mass is 10.0. The van der Waals surface area contributed by atoms with Crippen LogP contribution in [0.3, 0.4) is 0 Å². The molecule has 4 N–H and O–H groups in total. The van der Waals surface area contributed by atoms with E-state index in [4.69, 9.17) is 10.1 Å². The summed E-state index contributed by atoms with van der Waals surface area (Å²) in [4.78, 5) is 16.6. The van der Waals surface area contributed by atoms with Gasteiger partial charge in [0.05, 0.1) is 16.4 Å². The summed E-state index contributed by atoms with van der Waals surface area (Å²) in [5.74, 6) is 0.987. The minimum Gasteiger partial charge on any atom is -0.493 e. The molecule has 3 heterocycles. The Morgan fingerprint density at radius 2 is 1.56 bits per heavy atom. The van der Waals surface area contributed by atoms with Crippen LogP contribution in [-0.4, -0.2) is 46.4 Å². The molecule has 0 bridgehead atoms. The van der Waals surface area contributed by atoms with Gasteiger partial charge >= 0.3 is 6.01 Å². The molecule has 0 amide bonds. The van der Waals surface area contributed by atoms with Gasteiger partial charge in [0, 0.05) is 22.1 Å². The van der Waals surface area contributed by atoms with Crippen molar-refractivity contribution in [2.75, 3.05) is 5.32 Å². The topological polar surface area (TPSA) is 133 Å². The number of hydrogen-bond donors (Lipinski definition) is 4. The molecule has 0 unspecified atom stereocenters. The molecule has 1 aliphatic carbocycles. The van der Waals surface area contributed by atoms with Crippen LogP contribution in [0.25, 0.3) is 44.5 Å². The predicted octanol–water partition coefficient (Wildman–Crippen LogP) is 6.20. The molecule has 0 aliphatic heterocycles. The van der Waals surface area contributed by atoms with E-state index in [2.05, 4.69) is 52.5 Å². The van der Waals surface area contributed by atoms with Gasteiger partial charge in [-0.25, -0.2) is 14.4 Å². The zero-order valence-corrected chi connectivity index (χ0v) is 21.9. The number of hydrogen-bond acceptors (Lipinski definition) is 8. The van der Waals surface area contributed by atoms with Gasteiger partial charge in [-0.05, 0) is 72.5 Å². The highest BCUT2D eigenvalue weighted by Crippen LogP contribution is 2.32. The maximum atomic E-state index is 13.2. The fourth-order valence-corrected chi connectivity index (χ4v) is 4.42. The second-order valence-corrected chi connectivity index (χ2v) is 9.95.